The third kappa shape index (κ3) is 2.58. The Hall–Kier alpha value is -2.11. The summed E-state index contributed by atoms with van der Waals surface area (Å²) >= 11 is 0. The predicted molar refractivity (Wildman–Crippen MR) is 69.5 cm³/mol. The van der Waals surface area contributed by atoms with Gasteiger partial charge in [0.15, 0.2) is 0 Å². The van der Waals surface area contributed by atoms with Gasteiger partial charge in [-0.25, -0.2) is 9.97 Å². The van der Waals surface area contributed by atoms with Crippen molar-refractivity contribution in [1.82, 2.24) is 15.1 Å². The first-order valence-corrected chi connectivity index (χ1v) is 5.88. The zero-order valence-corrected chi connectivity index (χ0v) is 10.8. The van der Waals surface area contributed by atoms with E-state index in [0.717, 1.165) is 22.9 Å². The molecule has 0 fully saturated rings. The lowest BCUT2D eigenvalue weighted by Crippen LogP contribution is -2.09. The number of aromatic nitrogens is 3. The maximum absolute atomic E-state index is 4.79. The summed E-state index contributed by atoms with van der Waals surface area (Å²) in [6.07, 6.45) is 3.10. The molecule has 0 aliphatic rings. The quantitative estimate of drug-likeness (QED) is 0.844. The van der Waals surface area contributed by atoms with Gasteiger partial charge in [-0.3, -0.25) is 0 Å². The molecule has 2 aromatic heterocycles. The van der Waals surface area contributed by atoms with Crippen LogP contribution in [0.2, 0.25) is 0 Å². The molecule has 0 bridgehead atoms. The summed E-state index contributed by atoms with van der Waals surface area (Å²) in [5.74, 6) is 2.00. The van der Waals surface area contributed by atoms with Gasteiger partial charge in [0.1, 0.15) is 29.9 Å². The molecule has 0 atom stereocenters. The maximum Gasteiger partial charge on any atom is 0.135 e. The normalized spacial score (nSPS) is 10.7. The Morgan fingerprint density at radius 3 is 2.67 bits per heavy atom. The SMILES string of the molecule is CNc1ncnc(NCc2ccon2)c1C(C)C. The Morgan fingerprint density at radius 1 is 1.28 bits per heavy atom. The molecule has 0 spiro atoms. The second-order valence-electron chi connectivity index (χ2n) is 4.23. The van der Waals surface area contributed by atoms with Crippen molar-refractivity contribution in [2.45, 2.75) is 26.3 Å². The molecule has 0 aliphatic carbocycles. The van der Waals surface area contributed by atoms with Crippen LogP contribution in [0.25, 0.3) is 0 Å². The summed E-state index contributed by atoms with van der Waals surface area (Å²) in [5.41, 5.74) is 1.91. The maximum atomic E-state index is 4.79. The fourth-order valence-electron chi connectivity index (χ4n) is 1.79. The summed E-state index contributed by atoms with van der Waals surface area (Å²) in [4.78, 5) is 8.52. The van der Waals surface area contributed by atoms with Crippen LogP contribution in [0, 0.1) is 0 Å². The summed E-state index contributed by atoms with van der Waals surface area (Å²) in [7, 11) is 1.86. The van der Waals surface area contributed by atoms with Gasteiger partial charge in [-0.1, -0.05) is 19.0 Å². The van der Waals surface area contributed by atoms with Crippen LogP contribution in [-0.4, -0.2) is 22.2 Å². The third-order valence-corrected chi connectivity index (χ3v) is 2.63. The van der Waals surface area contributed by atoms with E-state index < -0.39 is 0 Å². The molecule has 0 unspecified atom stereocenters. The van der Waals surface area contributed by atoms with Crippen LogP contribution >= 0.6 is 0 Å². The molecule has 0 saturated carbocycles. The number of hydrogen-bond acceptors (Lipinski definition) is 6. The van der Waals surface area contributed by atoms with Crippen molar-refractivity contribution in [3.05, 3.63) is 29.9 Å². The van der Waals surface area contributed by atoms with Crippen LogP contribution in [0.3, 0.4) is 0 Å². The van der Waals surface area contributed by atoms with Crippen LogP contribution < -0.4 is 10.6 Å². The first kappa shape index (κ1) is 12.3. The Kier molecular flexibility index (Phi) is 3.76. The van der Waals surface area contributed by atoms with E-state index in [9.17, 15) is 0 Å². The first-order valence-electron chi connectivity index (χ1n) is 5.88. The monoisotopic (exact) mass is 247 g/mol. The van der Waals surface area contributed by atoms with Crippen LogP contribution in [0.1, 0.15) is 31.0 Å². The predicted octanol–water partition coefficient (Wildman–Crippen LogP) is 2.24. The van der Waals surface area contributed by atoms with Gasteiger partial charge in [-0.15, -0.1) is 0 Å². The van der Waals surface area contributed by atoms with Crippen molar-refractivity contribution in [1.29, 1.82) is 0 Å². The van der Waals surface area contributed by atoms with E-state index in [2.05, 4.69) is 39.6 Å². The largest absolute Gasteiger partial charge is 0.373 e. The van der Waals surface area contributed by atoms with Crippen LogP contribution in [0.5, 0.6) is 0 Å². The minimum Gasteiger partial charge on any atom is -0.373 e. The highest BCUT2D eigenvalue weighted by Gasteiger charge is 2.14. The van der Waals surface area contributed by atoms with Gasteiger partial charge < -0.3 is 15.2 Å². The van der Waals surface area contributed by atoms with Crippen LogP contribution in [0.15, 0.2) is 23.2 Å². The summed E-state index contributed by atoms with van der Waals surface area (Å²) in [5, 5.41) is 10.2. The van der Waals surface area contributed by atoms with Crippen molar-refractivity contribution in [3.8, 4) is 0 Å². The average molecular weight is 247 g/mol. The minimum atomic E-state index is 0.327. The van der Waals surface area contributed by atoms with Gasteiger partial charge >= 0.3 is 0 Å². The second-order valence-corrected chi connectivity index (χ2v) is 4.23. The van der Waals surface area contributed by atoms with Crippen molar-refractivity contribution in [2.75, 3.05) is 17.7 Å². The highest BCUT2D eigenvalue weighted by Crippen LogP contribution is 2.28. The molecule has 0 radical (unpaired) electrons. The lowest BCUT2D eigenvalue weighted by atomic mass is 10.0. The fraction of sp³-hybridized carbons (Fsp3) is 0.417. The smallest absolute Gasteiger partial charge is 0.135 e. The Bertz CT molecular complexity index is 495. The number of nitrogens with zero attached hydrogens (tertiary/aromatic N) is 3. The molecule has 6 heteroatoms. The van der Waals surface area contributed by atoms with Gasteiger partial charge in [0.2, 0.25) is 0 Å². The number of nitrogens with one attached hydrogen (secondary N) is 2. The zero-order valence-electron chi connectivity index (χ0n) is 10.8. The lowest BCUT2D eigenvalue weighted by Gasteiger charge is -2.16. The summed E-state index contributed by atoms with van der Waals surface area (Å²) < 4.78 is 4.79. The topological polar surface area (TPSA) is 75.9 Å². The molecule has 0 aliphatic heterocycles. The van der Waals surface area contributed by atoms with Crippen LogP contribution in [-0.2, 0) is 6.54 Å². The molecule has 0 amide bonds. The Balaban J connectivity index is 2.21. The van der Waals surface area contributed by atoms with Crippen molar-refractivity contribution < 1.29 is 4.52 Å². The fourth-order valence-corrected chi connectivity index (χ4v) is 1.79. The highest BCUT2D eigenvalue weighted by atomic mass is 16.5. The number of hydrogen-bond donors (Lipinski definition) is 2. The second kappa shape index (κ2) is 5.48. The molecule has 0 aromatic carbocycles. The molecule has 2 N–H and O–H groups in total. The molecule has 96 valence electrons. The van der Waals surface area contributed by atoms with E-state index >= 15 is 0 Å². The number of rotatable bonds is 5. The van der Waals surface area contributed by atoms with Crippen LogP contribution in [0.4, 0.5) is 11.6 Å². The van der Waals surface area contributed by atoms with Gasteiger partial charge in [-0.05, 0) is 5.92 Å². The molecule has 2 rings (SSSR count). The Labute approximate surface area is 106 Å². The molecule has 18 heavy (non-hydrogen) atoms. The summed E-state index contributed by atoms with van der Waals surface area (Å²) in [6, 6.07) is 1.82. The van der Waals surface area contributed by atoms with E-state index in [1.54, 1.807) is 12.6 Å². The van der Waals surface area contributed by atoms with Crippen molar-refractivity contribution in [2.24, 2.45) is 0 Å². The molecule has 6 nitrogen and oxygen atoms in total. The van der Waals surface area contributed by atoms with Crippen molar-refractivity contribution >= 4 is 11.6 Å². The molecular formula is C12H17N5O. The van der Waals surface area contributed by atoms with Gasteiger partial charge in [0.05, 0.1) is 6.54 Å². The minimum absolute atomic E-state index is 0.327. The van der Waals surface area contributed by atoms with E-state index in [1.807, 2.05) is 13.1 Å². The van der Waals surface area contributed by atoms with Crippen molar-refractivity contribution in [3.63, 3.8) is 0 Å². The van der Waals surface area contributed by atoms with E-state index in [4.69, 9.17) is 4.52 Å². The standard InChI is InChI=1S/C12H17N5O/c1-8(2)10-11(13-3)15-7-16-12(10)14-6-9-4-5-18-17-9/h4-5,7-8H,6H2,1-3H3,(H2,13,14,15,16). The summed E-state index contributed by atoms with van der Waals surface area (Å²) in [6.45, 7) is 4.80. The molecule has 0 saturated heterocycles. The van der Waals surface area contributed by atoms with E-state index in [-0.39, 0.29) is 0 Å². The van der Waals surface area contributed by atoms with E-state index in [1.165, 1.54) is 0 Å². The molecule has 2 heterocycles. The molecular weight excluding hydrogens is 230 g/mol. The van der Waals surface area contributed by atoms with Gasteiger partial charge in [-0.2, -0.15) is 0 Å². The van der Waals surface area contributed by atoms with E-state index in [0.29, 0.717) is 12.5 Å². The Morgan fingerprint density at radius 2 is 2.06 bits per heavy atom. The van der Waals surface area contributed by atoms with Gasteiger partial charge in [0.25, 0.3) is 0 Å². The average Bonchev–Trinajstić information content (AvgIpc) is 2.88. The molecule has 2 aromatic rings. The lowest BCUT2D eigenvalue weighted by molar-refractivity contribution is 0.412. The zero-order chi connectivity index (χ0) is 13.0. The highest BCUT2D eigenvalue weighted by molar-refractivity contribution is 5.58. The van der Waals surface area contributed by atoms with Gasteiger partial charge in [0, 0.05) is 18.7 Å². The number of anilines is 2. The first-order chi connectivity index (χ1) is 8.72. The third-order valence-electron chi connectivity index (χ3n) is 2.63.